The molecule has 0 saturated carbocycles. The number of Topliss-reactive ketones (excluding diaryl/α,β-unsaturated/α-hetero) is 1. The molecular formula is C23H27NO7. The van der Waals surface area contributed by atoms with Gasteiger partial charge in [-0.2, -0.15) is 0 Å². The van der Waals surface area contributed by atoms with Crippen molar-refractivity contribution in [3.05, 3.63) is 59.7 Å². The summed E-state index contributed by atoms with van der Waals surface area (Å²) in [5.74, 6) is -0.401. The maximum atomic E-state index is 13.1. The SMILES string of the molecule is COc1ccc(CC(NC(=O)OC(C)(C)C)C(=O)c2ccc(OCC(=O)O)cc2)cc1. The third-order valence-corrected chi connectivity index (χ3v) is 4.11. The smallest absolute Gasteiger partial charge is 0.408 e. The van der Waals surface area contributed by atoms with E-state index in [1.807, 2.05) is 12.1 Å². The normalized spacial score (nSPS) is 11.9. The van der Waals surface area contributed by atoms with Crippen LogP contribution in [0.1, 0.15) is 36.7 Å². The molecule has 0 fully saturated rings. The highest BCUT2D eigenvalue weighted by Gasteiger charge is 2.25. The Labute approximate surface area is 181 Å². The molecule has 0 aliphatic rings. The monoisotopic (exact) mass is 429 g/mol. The molecule has 2 N–H and O–H groups in total. The molecule has 0 aliphatic carbocycles. The van der Waals surface area contributed by atoms with Crippen LogP contribution in [-0.4, -0.2) is 48.3 Å². The molecule has 8 nitrogen and oxygen atoms in total. The highest BCUT2D eigenvalue weighted by atomic mass is 16.6. The number of ketones is 1. The fourth-order valence-electron chi connectivity index (χ4n) is 2.72. The van der Waals surface area contributed by atoms with Gasteiger partial charge in [0.15, 0.2) is 12.4 Å². The summed E-state index contributed by atoms with van der Waals surface area (Å²) in [5, 5.41) is 11.3. The Morgan fingerprint density at radius 3 is 2.06 bits per heavy atom. The zero-order valence-corrected chi connectivity index (χ0v) is 18.0. The summed E-state index contributed by atoms with van der Waals surface area (Å²) in [7, 11) is 1.56. The molecular weight excluding hydrogens is 402 g/mol. The molecule has 8 heteroatoms. The van der Waals surface area contributed by atoms with Crippen molar-refractivity contribution in [2.45, 2.75) is 38.8 Å². The Hall–Kier alpha value is -3.55. The lowest BCUT2D eigenvalue weighted by atomic mass is 9.97. The summed E-state index contributed by atoms with van der Waals surface area (Å²) in [6, 6.07) is 12.4. The second kappa shape index (κ2) is 10.5. The van der Waals surface area contributed by atoms with Crippen LogP contribution in [0.15, 0.2) is 48.5 Å². The first-order chi connectivity index (χ1) is 14.6. The van der Waals surface area contributed by atoms with Gasteiger partial charge in [-0.3, -0.25) is 4.79 Å². The number of methoxy groups -OCH3 is 1. The number of hydrogen-bond donors (Lipinski definition) is 2. The van der Waals surface area contributed by atoms with Gasteiger partial charge in [-0.25, -0.2) is 9.59 Å². The van der Waals surface area contributed by atoms with Crippen molar-refractivity contribution >= 4 is 17.8 Å². The fraction of sp³-hybridized carbons (Fsp3) is 0.348. The molecule has 2 rings (SSSR count). The maximum absolute atomic E-state index is 13.1. The van der Waals surface area contributed by atoms with Gasteiger partial charge in [0.05, 0.1) is 13.2 Å². The zero-order chi connectivity index (χ0) is 23.0. The number of amides is 1. The van der Waals surface area contributed by atoms with Gasteiger partial charge in [-0.15, -0.1) is 0 Å². The van der Waals surface area contributed by atoms with E-state index >= 15 is 0 Å². The van der Waals surface area contributed by atoms with Crippen LogP contribution < -0.4 is 14.8 Å². The van der Waals surface area contributed by atoms with Crippen LogP contribution in [-0.2, 0) is 16.0 Å². The van der Waals surface area contributed by atoms with E-state index in [2.05, 4.69) is 5.32 Å². The second-order valence-electron chi connectivity index (χ2n) is 7.82. The van der Waals surface area contributed by atoms with E-state index in [0.29, 0.717) is 17.1 Å². The fourth-order valence-corrected chi connectivity index (χ4v) is 2.72. The average molecular weight is 429 g/mol. The van der Waals surface area contributed by atoms with Gasteiger partial charge in [0.25, 0.3) is 0 Å². The molecule has 1 unspecified atom stereocenters. The number of rotatable bonds is 9. The highest BCUT2D eigenvalue weighted by Crippen LogP contribution is 2.18. The molecule has 1 amide bonds. The number of alkyl carbamates (subject to hydrolysis) is 1. The van der Waals surface area contributed by atoms with Crippen LogP contribution in [0.5, 0.6) is 11.5 Å². The molecule has 0 heterocycles. The molecule has 31 heavy (non-hydrogen) atoms. The predicted molar refractivity (Wildman–Crippen MR) is 114 cm³/mol. The molecule has 2 aromatic carbocycles. The Balaban J connectivity index is 2.19. The van der Waals surface area contributed by atoms with E-state index in [9.17, 15) is 14.4 Å². The molecule has 166 valence electrons. The Morgan fingerprint density at radius 1 is 0.968 bits per heavy atom. The Kier molecular flexibility index (Phi) is 8.01. The van der Waals surface area contributed by atoms with Gasteiger partial charge >= 0.3 is 12.1 Å². The molecule has 0 saturated heterocycles. The number of nitrogens with one attached hydrogen (secondary N) is 1. The third-order valence-electron chi connectivity index (χ3n) is 4.11. The molecule has 0 aliphatic heterocycles. The van der Waals surface area contributed by atoms with Crippen molar-refractivity contribution in [2.24, 2.45) is 0 Å². The van der Waals surface area contributed by atoms with Gasteiger partial charge < -0.3 is 24.6 Å². The van der Waals surface area contributed by atoms with Crippen molar-refractivity contribution in [3.8, 4) is 11.5 Å². The minimum atomic E-state index is -1.10. The minimum Gasteiger partial charge on any atom is -0.497 e. The predicted octanol–water partition coefficient (Wildman–Crippen LogP) is 3.48. The molecule has 0 radical (unpaired) electrons. The first kappa shape index (κ1) is 23.7. The molecule has 1 atom stereocenters. The van der Waals surface area contributed by atoms with E-state index in [-0.39, 0.29) is 12.2 Å². The maximum Gasteiger partial charge on any atom is 0.408 e. The van der Waals surface area contributed by atoms with Crippen LogP contribution in [0, 0.1) is 0 Å². The summed E-state index contributed by atoms with van der Waals surface area (Å²) in [4.78, 5) is 36.1. The van der Waals surface area contributed by atoms with Crippen molar-refractivity contribution in [3.63, 3.8) is 0 Å². The first-order valence-electron chi connectivity index (χ1n) is 9.68. The number of ether oxygens (including phenoxy) is 3. The number of carbonyl (C=O) groups is 3. The molecule has 0 aromatic heterocycles. The van der Waals surface area contributed by atoms with E-state index in [1.165, 1.54) is 24.3 Å². The van der Waals surface area contributed by atoms with Gasteiger partial charge in [0.2, 0.25) is 0 Å². The van der Waals surface area contributed by atoms with Crippen LogP contribution in [0.4, 0.5) is 4.79 Å². The second-order valence-corrected chi connectivity index (χ2v) is 7.82. The van der Waals surface area contributed by atoms with Crippen LogP contribution in [0.3, 0.4) is 0 Å². The number of carbonyl (C=O) groups excluding carboxylic acids is 2. The molecule has 0 bridgehead atoms. The first-order valence-corrected chi connectivity index (χ1v) is 9.68. The minimum absolute atomic E-state index is 0.249. The van der Waals surface area contributed by atoms with Gasteiger partial charge in [0.1, 0.15) is 17.1 Å². The van der Waals surface area contributed by atoms with Crippen LogP contribution in [0.2, 0.25) is 0 Å². The average Bonchev–Trinajstić information content (AvgIpc) is 2.70. The lowest BCUT2D eigenvalue weighted by Crippen LogP contribution is -2.44. The lowest BCUT2D eigenvalue weighted by molar-refractivity contribution is -0.139. The zero-order valence-electron chi connectivity index (χ0n) is 18.0. The number of carboxylic acid groups (broad SMARTS) is 1. The summed E-state index contributed by atoms with van der Waals surface area (Å²) >= 11 is 0. The molecule has 0 spiro atoms. The summed E-state index contributed by atoms with van der Waals surface area (Å²) in [5.41, 5.74) is 0.467. The van der Waals surface area contributed by atoms with Crippen molar-refractivity contribution in [1.29, 1.82) is 0 Å². The van der Waals surface area contributed by atoms with E-state index < -0.39 is 30.3 Å². The third kappa shape index (κ3) is 8.00. The van der Waals surface area contributed by atoms with Crippen molar-refractivity contribution < 1.29 is 33.7 Å². The van der Waals surface area contributed by atoms with Gasteiger partial charge in [0, 0.05) is 12.0 Å². The lowest BCUT2D eigenvalue weighted by Gasteiger charge is -2.23. The number of aliphatic carboxylic acids is 1. The Morgan fingerprint density at radius 2 is 1.55 bits per heavy atom. The summed E-state index contributed by atoms with van der Waals surface area (Å²) in [6.07, 6.45) is -0.444. The largest absolute Gasteiger partial charge is 0.497 e. The number of hydrogen-bond acceptors (Lipinski definition) is 6. The summed E-state index contributed by atoms with van der Waals surface area (Å²) in [6.45, 7) is 4.74. The van der Waals surface area contributed by atoms with Crippen molar-refractivity contribution in [1.82, 2.24) is 5.32 Å². The summed E-state index contributed by atoms with van der Waals surface area (Å²) < 4.78 is 15.5. The van der Waals surface area contributed by atoms with E-state index in [0.717, 1.165) is 5.56 Å². The quantitative estimate of drug-likeness (QED) is 0.587. The standard InChI is InChI=1S/C23H27NO7/c1-23(2,3)31-22(28)24-19(13-15-5-9-17(29-4)10-6-15)21(27)16-7-11-18(12-8-16)30-14-20(25)26/h5-12,19H,13-14H2,1-4H3,(H,24,28)(H,25,26). The van der Waals surface area contributed by atoms with Gasteiger partial charge in [-0.1, -0.05) is 12.1 Å². The number of benzene rings is 2. The van der Waals surface area contributed by atoms with E-state index in [1.54, 1.807) is 40.0 Å². The van der Waals surface area contributed by atoms with Crippen LogP contribution in [0.25, 0.3) is 0 Å². The van der Waals surface area contributed by atoms with Crippen LogP contribution >= 0.6 is 0 Å². The highest BCUT2D eigenvalue weighted by molar-refractivity contribution is 6.01. The molecule has 2 aromatic rings. The topological polar surface area (TPSA) is 111 Å². The van der Waals surface area contributed by atoms with Crippen molar-refractivity contribution in [2.75, 3.05) is 13.7 Å². The number of carboxylic acids is 1. The van der Waals surface area contributed by atoms with Gasteiger partial charge in [-0.05, 0) is 62.7 Å². The van der Waals surface area contributed by atoms with E-state index in [4.69, 9.17) is 19.3 Å². The Bertz CT molecular complexity index is 899.